The molecule has 0 atom stereocenters. The van der Waals surface area contributed by atoms with Gasteiger partial charge in [-0.3, -0.25) is 19.4 Å². The van der Waals surface area contributed by atoms with Gasteiger partial charge in [-0.25, -0.2) is 4.79 Å². The number of aromatic nitrogens is 2. The van der Waals surface area contributed by atoms with Crippen molar-refractivity contribution in [3.63, 3.8) is 0 Å². The molecule has 0 aliphatic carbocycles. The zero-order valence-corrected chi connectivity index (χ0v) is 12.8. The molecule has 25 heavy (non-hydrogen) atoms. The minimum Gasteiger partial charge on any atom is -0.289 e. The third-order valence-corrected chi connectivity index (χ3v) is 3.44. The maximum Gasteiger partial charge on any atom is 0.427 e. The molecule has 0 amide bonds. The van der Waals surface area contributed by atoms with E-state index in [1.54, 1.807) is 42.5 Å². The van der Waals surface area contributed by atoms with E-state index < -0.39 is 10.5 Å². The molecule has 1 aromatic heterocycles. The number of aromatic amines is 1. The third kappa shape index (κ3) is 3.75. The number of allylic oxidation sites excluding steroid dienone is 1. The van der Waals surface area contributed by atoms with Crippen molar-refractivity contribution in [3.8, 4) is 5.69 Å². The number of benzene rings is 2. The van der Waals surface area contributed by atoms with Crippen molar-refractivity contribution in [1.82, 2.24) is 5.27 Å². The van der Waals surface area contributed by atoms with Crippen LogP contribution in [-0.2, 0) is 0 Å². The van der Waals surface area contributed by atoms with Crippen LogP contribution in [0.3, 0.4) is 0 Å². The third-order valence-electron chi connectivity index (χ3n) is 3.44. The highest BCUT2D eigenvalue weighted by Gasteiger charge is 2.11. The van der Waals surface area contributed by atoms with E-state index in [4.69, 9.17) is 0 Å². The second-order valence-corrected chi connectivity index (χ2v) is 5.10. The first-order chi connectivity index (χ1) is 12.0. The van der Waals surface area contributed by atoms with E-state index in [1.165, 1.54) is 29.1 Å². The largest absolute Gasteiger partial charge is 0.427 e. The van der Waals surface area contributed by atoms with Gasteiger partial charge in [0.1, 0.15) is 0 Å². The van der Waals surface area contributed by atoms with Crippen LogP contribution < -0.4 is 10.3 Å². The highest BCUT2D eigenvalue weighted by atomic mass is 16.6. The Morgan fingerprint density at radius 1 is 1.12 bits per heavy atom. The highest BCUT2D eigenvalue weighted by molar-refractivity contribution is 6.06. The number of hydrogen-bond acceptors (Lipinski definition) is 5. The van der Waals surface area contributed by atoms with Crippen LogP contribution in [0.1, 0.15) is 15.9 Å². The Morgan fingerprint density at radius 3 is 2.36 bits per heavy atom. The molecular weight excluding hydrogens is 326 g/mol. The minimum atomic E-state index is -0.508. The Kier molecular flexibility index (Phi) is 4.34. The van der Waals surface area contributed by atoms with Gasteiger partial charge in [0, 0.05) is 29.8 Å². The lowest BCUT2D eigenvalue weighted by Gasteiger charge is -1.96. The van der Waals surface area contributed by atoms with Gasteiger partial charge in [-0.15, -0.1) is 0 Å². The van der Waals surface area contributed by atoms with Crippen LogP contribution in [0.5, 0.6) is 0 Å². The van der Waals surface area contributed by atoms with Gasteiger partial charge in [-0.1, -0.05) is 6.08 Å². The zero-order valence-electron chi connectivity index (χ0n) is 12.8. The molecule has 8 nitrogen and oxygen atoms in total. The van der Waals surface area contributed by atoms with Gasteiger partial charge in [0.15, 0.2) is 5.78 Å². The zero-order chi connectivity index (χ0) is 17.8. The van der Waals surface area contributed by atoms with Crippen molar-refractivity contribution < 1.29 is 18.9 Å². The molecular formula is C17H12N3O5+. The molecule has 3 aromatic rings. The van der Waals surface area contributed by atoms with Crippen molar-refractivity contribution >= 4 is 17.5 Å². The van der Waals surface area contributed by atoms with Crippen LogP contribution in [0, 0.1) is 10.1 Å². The fourth-order valence-electron chi connectivity index (χ4n) is 2.14. The Labute approximate surface area is 140 Å². The standard InChI is InChI=1S/C17H11N3O5/c21-16(10-3-12-1-6-15(7-2-12)20(23)24)13-4-8-14(9-5-13)19-11-17(22)25-18-19/h1-11H/p+1/b10-3+. The van der Waals surface area contributed by atoms with Crippen molar-refractivity contribution in [1.29, 1.82) is 0 Å². The number of carbonyl (C=O) groups excluding carboxylic acids is 1. The van der Waals surface area contributed by atoms with Gasteiger partial charge in [0.2, 0.25) is 5.69 Å². The number of H-pyrrole nitrogens is 1. The number of rotatable bonds is 5. The molecule has 0 bridgehead atoms. The van der Waals surface area contributed by atoms with Crippen molar-refractivity contribution in [3.05, 3.63) is 92.5 Å². The molecule has 3 rings (SSSR count). The average molecular weight is 338 g/mol. The SMILES string of the molecule is O=C(/C=C/c1ccc([N+](=O)[O-])cc1)c1ccc(-[n+]2cc(=O)o[nH]2)cc1. The highest BCUT2D eigenvalue weighted by Crippen LogP contribution is 2.13. The Balaban J connectivity index is 1.72. The number of carbonyl (C=O) groups is 1. The van der Waals surface area contributed by atoms with E-state index in [-0.39, 0.29) is 11.5 Å². The maximum atomic E-state index is 12.2. The molecule has 0 spiro atoms. The second kappa shape index (κ2) is 6.75. The molecule has 1 N–H and O–H groups in total. The Hall–Kier alpha value is -3.81. The smallest absolute Gasteiger partial charge is 0.289 e. The fraction of sp³-hybridized carbons (Fsp3) is 0. The van der Waals surface area contributed by atoms with Gasteiger partial charge < -0.3 is 0 Å². The monoisotopic (exact) mass is 338 g/mol. The summed E-state index contributed by atoms with van der Waals surface area (Å²) in [5.41, 5.74) is 1.28. The molecule has 8 heteroatoms. The molecule has 0 saturated heterocycles. The van der Waals surface area contributed by atoms with Crippen molar-refractivity contribution in [2.45, 2.75) is 0 Å². The van der Waals surface area contributed by atoms with Crippen LogP contribution >= 0.6 is 0 Å². The van der Waals surface area contributed by atoms with E-state index in [2.05, 4.69) is 9.79 Å². The van der Waals surface area contributed by atoms with Crippen LogP contribution in [0.4, 0.5) is 5.69 Å². The fourth-order valence-corrected chi connectivity index (χ4v) is 2.14. The molecule has 0 radical (unpaired) electrons. The first-order valence-corrected chi connectivity index (χ1v) is 7.20. The lowest BCUT2D eigenvalue weighted by atomic mass is 10.1. The summed E-state index contributed by atoms with van der Waals surface area (Å²) >= 11 is 0. The lowest BCUT2D eigenvalue weighted by Crippen LogP contribution is -2.32. The van der Waals surface area contributed by atoms with E-state index in [0.717, 1.165) is 0 Å². The molecule has 1 heterocycles. The Morgan fingerprint density at radius 2 is 1.80 bits per heavy atom. The maximum absolute atomic E-state index is 12.2. The molecule has 0 unspecified atom stereocenters. The van der Waals surface area contributed by atoms with E-state index in [9.17, 15) is 19.7 Å². The average Bonchev–Trinajstić information content (AvgIpc) is 3.06. The normalized spacial score (nSPS) is 10.9. The van der Waals surface area contributed by atoms with Crippen molar-refractivity contribution in [2.75, 3.05) is 0 Å². The first kappa shape index (κ1) is 16.1. The van der Waals surface area contributed by atoms with Gasteiger partial charge in [-0.2, -0.15) is 0 Å². The summed E-state index contributed by atoms with van der Waals surface area (Å²) in [5.74, 6) is -0.212. The summed E-state index contributed by atoms with van der Waals surface area (Å²) in [4.78, 5) is 33.3. The minimum absolute atomic E-state index is 0.00569. The van der Waals surface area contributed by atoms with Crippen LogP contribution in [0.15, 0.2) is 70.1 Å². The number of non-ortho nitro benzene ring substituents is 1. The first-order valence-electron chi connectivity index (χ1n) is 7.20. The van der Waals surface area contributed by atoms with Crippen LogP contribution in [0.2, 0.25) is 0 Å². The summed E-state index contributed by atoms with van der Waals surface area (Å²) in [6, 6.07) is 12.5. The molecule has 0 saturated carbocycles. The van der Waals surface area contributed by atoms with Gasteiger partial charge in [0.25, 0.3) is 11.9 Å². The second-order valence-electron chi connectivity index (χ2n) is 5.10. The van der Waals surface area contributed by atoms with E-state index in [0.29, 0.717) is 16.8 Å². The molecule has 124 valence electrons. The molecule has 0 fully saturated rings. The van der Waals surface area contributed by atoms with Gasteiger partial charge in [-0.05, 0) is 45.9 Å². The van der Waals surface area contributed by atoms with Gasteiger partial charge >= 0.3 is 5.63 Å². The number of nitrogens with one attached hydrogen (secondary N) is 1. The van der Waals surface area contributed by atoms with Crippen molar-refractivity contribution in [2.24, 2.45) is 0 Å². The number of hydrogen-bond donors (Lipinski definition) is 1. The molecule has 0 aliphatic rings. The molecule has 2 aromatic carbocycles. The number of nitro benzene ring substituents is 1. The quantitative estimate of drug-likeness (QED) is 0.252. The van der Waals surface area contributed by atoms with Crippen LogP contribution in [0.25, 0.3) is 11.8 Å². The predicted molar refractivity (Wildman–Crippen MR) is 87.3 cm³/mol. The van der Waals surface area contributed by atoms with Crippen LogP contribution in [-0.4, -0.2) is 16.0 Å². The van der Waals surface area contributed by atoms with E-state index >= 15 is 0 Å². The summed E-state index contributed by atoms with van der Waals surface area (Å²) < 4.78 is 5.96. The summed E-state index contributed by atoms with van der Waals surface area (Å²) in [6.07, 6.45) is 4.22. The topological polar surface area (TPSA) is 110 Å². The lowest BCUT2D eigenvalue weighted by molar-refractivity contribution is -0.670. The van der Waals surface area contributed by atoms with E-state index in [1.807, 2.05) is 0 Å². The number of nitrogens with zero attached hydrogens (tertiary/aromatic N) is 2. The summed E-state index contributed by atoms with van der Waals surface area (Å²) in [5, 5.41) is 13.0. The number of nitro groups is 1. The summed E-state index contributed by atoms with van der Waals surface area (Å²) in [6.45, 7) is 0. The summed E-state index contributed by atoms with van der Waals surface area (Å²) in [7, 11) is 0. The predicted octanol–water partition coefficient (Wildman–Crippen LogP) is 2.05. The molecule has 0 aliphatic heterocycles. The Bertz CT molecular complexity index is 998. The van der Waals surface area contributed by atoms with Gasteiger partial charge in [0.05, 0.1) is 4.92 Å². The number of ketones is 1.